The SMILES string of the molecule is CN1CCC[C@H]1c1cccnc1.OC[C@H]1O[C@@H]2O[C@H]3[C@H](O)[C@@H](O)[C@@H](O[C@H]4[C@H](O)[C@@H](O)[C@@H](O[C@H]5[C@H](O)[C@@H](O)[C@@H](O[C@H]6[C@H](O)[C@@H](O)[C@@H](O[C@H]7[C@H](O)[C@@H](O)[C@@H](O[C@H]8[C@H](O)[C@@H](O)[C@@H](O[C@H]1[C@H](O)[C@H]2O)O[C@@H]8CO)O[C@@H]7CO)O[C@@H]6CO)O[C@@H]5CO)O[C@@H]4CO)O[C@@H]3CO. The number of ether oxygens (including phenoxy) is 14. The summed E-state index contributed by atoms with van der Waals surface area (Å²) in [6.07, 6.45) is -63.8. The van der Waals surface area contributed by atoms with Gasteiger partial charge in [-0.05, 0) is 38.1 Å². The molecule has 0 aromatic carbocycles. The van der Waals surface area contributed by atoms with E-state index < -0.39 is 261 Å². The third-order valence-corrected chi connectivity index (χ3v) is 17.4. The lowest BCUT2D eigenvalue weighted by Gasteiger charge is -2.50. The highest BCUT2D eigenvalue weighted by Crippen LogP contribution is 2.39. The third kappa shape index (κ3) is 14.8. The summed E-state index contributed by atoms with van der Waals surface area (Å²) in [5.41, 5.74) is 1.36. The molecule has 14 bridgehead atoms. The van der Waals surface area contributed by atoms with Crippen LogP contribution in [0, 0.1) is 0 Å². The molecule has 37 nitrogen and oxygen atoms in total. The van der Waals surface area contributed by atoms with Crippen LogP contribution in [0.4, 0.5) is 0 Å². The smallest absolute Gasteiger partial charge is 0.187 e. The normalized spacial score (nSPS) is 51.2. The summed E-state index contributed by atoms with van der Waals surface area (Å²) in [5, 5.41) is 230. The van der Waals surface area contributed by atoms with Crippen LogP contribution in [0.15, 0.2) is 24.5 Å². The molecule has 22 saturated heterocycles. The van der Waals surface area contributed by atoms with Gasteiger partial charge < -0.3 is 174 Å². The minimum Gasteiger partial charge on any atom is -0.394 e. The summed E-state index contributed by atoms with van der Waals surface area (Å²) in [5.74, 6) is 0. The average molecular weight is 1300 g/mol. The number of nitrogens with zero attached hydrogens (tertiary/aromatic N) is 2. The van der Waals surface area contributed by atoms with Gasteiger partial charge in [-0.3, -0.25) is 9.88 Å². The summed E-state index contributed by atoms with van der Waals surface area (Å²) < 4.78 is 79.5. The molecule has 0 radical (unpaired) electrons. The topological polar surface area (TPSA) is 570 Å². The van der Waals surface area contributed by atoms with E-state index in [9.17, 15) is 107 Å². The quantitative estimate of drug-likeness (QED) is 0.115. The molecule has 22 aliphatic heterocycles. The Morgan fingerprint density at radius 3 is 0.708 bits per heavy atom. The van der Waals surface area contributed by atoms with Gasteiger partial charge in [-0.15, -0.1) is 0 Å². The number of hydrogen-bond donors (Lipinski definition) is 21. The predicted molar refractivity (Wildman–Crippen MR) is 277 cm³/mol. The zero-order valence-corrected chi connectivity index (χ0v) is 47.7. The van der Waals surface area contributed by atoms with Crippen molar-refractivity contribution in [3.8, 4) is 0 Å². The van der Waals surface area contributed by atoms with Crippen LogP contribution in [0.25, 0.3) is 0 Å². The van der Waals surface area contributed by atoms with Crippen molar-refractivity contribution in [1.82, 2.24) is 9.88 Å². The van der Waals surface area contributed by atoms with Gasteiger partial charge in [-0.25, -0.2) is 0 Å². The van der Waals surface area contributed by atoms with Gasteiger partial charge in [0.2, 0.25) is 0 Å². The molecule has 37 heteroatoms. The van der Waals surface area contributed by atoms with E-state index in [1.165, 1.54) is 24.9 Å². The fourth-order valence-electron chi connectivity index (χ4n) is 12.3. The van der Waals surface area contributed by atoms with Crippen LogP contribution in [0.1, 0.15) is 24.4 Å². The average Bonchev–Trinajstić information content (AvgIpc) is 1.78. The number of rotatable bonds is 8. The number of pyridine rings is 1. The summed E-state index contributed by atoms with van der Waals surface area (Å²) >= 11 is 0. The van der Waals surface area contributed by atoms with Gasteiger partial charge in [0.05, 0.1) is 46.2 Å². The van der Waals surface area contributed by atoms with Crippen molar-refractivity contribution in [2.45, 2.75) is 234 Å². The van der Waals surface area contributed by atoms with Crippen molar-refractivity contribution in [3.05, 3.63) is 30.1 Å². The van der Waals surface area contributed by atoms with Gasteiger partial charge in [0.25, 0.3) is 0 Å². The zero-order chi connectivity index (χ0) is 64.4. The number of aromatic nitrogens is 1. The first-order valence-electron chi connectivity index (χ1n) is 29.1. The lowest BCUT2D eigenvalue weighted by Crippen LogP contribution is -2.68. The molecule has 0 amide bonds. The lowest BCUT2D eigenvalue weighted by atomic mass is 9.95. The predicted octanol–water partition coefficient (Wildman–Crippen LogP) is -13.4. The largest absolute Gasteiger partial charge is 0.394 e. The maximum Gasteiger partial charge on any atom is 0.187 e. The van der Waals surface area contributed by atoms with Crippen molar-refractivity contribution in [2.75, 3.05) is 59.8 Å². The molecule has 21 N–H and O–H groups in total. The third-order valence-electron chi connectivity index (χ3n) is 17.4. The van der Waals surface area contributed by atoms with Gasteiger partial charge in [0, 0.05) is 18.4 Å². The Balaban J connectivity index is 0.000000695. The molecular weight excluding hydrogens is 1210 g/mol. The summed E-state index contributed by atoms with van der Waals surface area (Å²) in [7, 11) is 2.19. The number of hydrogen-bond acceptors (Lipinski definition) is 37. The van der Waals surface area contributed by atoms with Gasteiger partial charge in [-0.2, -0.15) is 0 Å². The molecule has 512 valence electrons. The Labute approximate surface area is 506 Å². The van der Waals surface area contributed by atoms with Crippen LogP contribution in [0.5, 0.6) is 0 Å². The summed E-state index contributed by atoms with van der Waals surface area (Å²) in [6, 6.07) is 4.79. The Morgan fingerprint density at radius 2 is 0.551 bits per heavy atom. The number of likely N-dealkylation sites (tertiary alicyclic amines) is 1. The monoisotopic (exact) mass is 1300 g/mol. The van der Waals surface area contributed by atoms with E-state index >= 15 is 0 Å². The summed E-state index contributed by atoms with van der Waals surface area (Å²) in [6.45, 7) is -6.11. The molecule has 22 aliphatic rings. The van der Waals surface area contributed by atoms with Crippen molar-refractivity contribution >= 4 is 0 Å². The maximum absolute atomic E-state index is 11.3. The van der Waals surface area contributed by atoms with Gasteiger partial charge in [-0.1, -0.05) is 6.07 Å². The van der Waals surface area contributed by atoms with Crippen LogP contribution < -0.4 is 0 Å². The first-order chi connectivity index (χ1) is 42.5. The van der Waals surface area contributed by atoms with Crippen LogP contribution in [-0.4, -0.2) is 392 Å². The van der Waals surface area contributed by atoms with E-state index in [0.29, 0.717) is 6.04 Å². The molecule has 1 aromatic heterocycles. The maximum atomic E-state index is 11.3. The molecule has 0 unspecified atom stereocenters. The van der Waals surface area contributed by atoms with E-state index in [1.54, 1.807) is 0 Å². The van der Waals surface area contributed by atoms with E-state index in [-0.39, 0.29) is 0 Å². The minimum absolute atomic E-state index is 0.610. The van der Waals surface area contributed by atoms with Gasteiger partial charge >= 0.3 is 0 Å². The van der Waals surface area contributed by atoms with Gasteiger partial charge in [0.15, 0.2) is 44.0 Å². The molecule has 89 heavy (non-hydrogen) atoms. The molecule has 0 saturated carbocycles. The molecule has 23 rings (SSSR count). The van der Waals surface area contributed by atoms with Crippen LogP contribution in [0.2, 0.25) is 0 Å². The second-order valence-electron chi connectivity index (χ2n) is 23.1. The van der Waals surface area contributed by atoms with Crippen molar-refractivity contribution < 1.29 is 174 Å². The fraction of sp³-hybridized carbons (Fsp3) is 0.904. The Kier molecular flexibility index (Phi) is 24.8. The molecular formula is C52H84N2O35. The first kappa shape index (κ1) is 71.0. The van der Waals surface area contributed by atoms with E-state index in [4.69, 9.17) is 66.3 Å². The van der Waals surface area contributed by atoms with E-state index in [2.05, 4.69) is 23.0 Å². The Morgan fingerprint density at radius 1 is 0.337 bits per heavy atom. The molecule has 36 atom stereocenters. The van der Waals surface area contributed by atoms with Crippen molar-refractivity contribution in [1.29, 1.82) is 0 Å². The molecule has 0 aliphatic carbocycles. The first-order valence-corrected chi connectivity index (χ1v) is 29.1. The van der Waals surface area contributed by atoms with Crippen LogP contribution in [0.3, 0.4) is 0 Å². The van der Waals surface area contributed by atoms with Crippen molar-refractivity contribution in [2.24, 2.45) is 0 Å². The van der Waals surface area contributed by atoms with Crippen LogP contribution >= 0.6 is 0 Å². The molecule has 1 aromatic rings. The number of aliphatic hydroxyl groups excluding tert-OH is 21. The highest BCUT2D eigenvalue weighted by atomic mass is 16.8. The summed E-state index contributed by atoms with van der Waals surface area (Å²) in [4.78, 5) is 6.54. The van der Waals surface area contributed by atoms with Gasteiger partial charge in [0.1, 0.15) is 171 Å². The molecule has 23 heterocycles. The standard InChI is InChI=1S/C42H70O35.C10H14N2/c43-1-8-29-15(50)22(57)36(64-8)72-30-9(2-44)66-38(24(59)17(30)52)74-32-11(4-46)68-40(26(61)19(32)54)76-34-13(6-48)70-42(28(63)21(34)56)77-35-14(7-49)69-41(27(62)20(35)55)75-33-12(5-47)67-39(25(60)18(33)53)73-31-10(3-45)65-37(71-29)23(58)16(31)51;1-12-7-3-5-10(12)9-4-2-6-11-8-9/h8-63H,1-7H2;2,4,6,8,10H,3,5,7H2,1H3/t8-,9-,10-,11-,12-,13-,14-,15-,16-,17-,18-,19-,20-,21-,22-,23-,24-,25-,26-,27-,28-,29-,30-,31-,32-,33-,34-,35-,36-,37-,38-,39-,40-,41-,42-;10-/m10/s1. The lowest BCUT2D eigenvalue weighted by molar-refractivity contribution is -0.396. The fourth-order valence-corrected chi connectivity index (χ4v) is 12.3. The minimum atomic E-state index is -2.21. The zero-order valence-electron chi connectivity index (χ0n) is 47.7. The Bertz CT molecular complexity index is 1940. The highest BCUT2D eigenvalue weighted by molar-refractivity contribution is 5.15. The van der Waals surface area contributed by atoms with Crippen molar-refractivity contribution in [3.63, 3.8) is 0 Å². The van der Waals surface area contributed by atoms with E-state index in [0.717, 1.165) is 0 Å². The van der Waals surface area contributed by atoms with Crippen LogP contribution in [-0.2, 0) is 66.3 Å². The second-order valence-corrected chi connectivity index (χ2v) is 23.1. The number of aliphatic hydroxyl groups is 21. The molecule has 22 fully saturated rings. The highest BCUT2D eigenvalue weighted by Gasteiger charge is 2.59. The second kappa shape index (κ2) is 31.1. The molecule has 0 spiro atoms. The van der Waals surface area contributed by atoms with E-state index in [1.807, 2.05) is 18.5 Å². The Hall–Kier alpha value is -2.29.